The molecule has 0 bridgehead atoms. The van der Waals surface area contributed by atoms with Gasteiger partial charge >= 0.3 is 0 Å². The average molecular weight is 270 g/mol. The van der Waals surface area contributed by atoms with E-state index in [-0.39, 0.29) is 12.5 Å². The van der Waals surface area contributed by atoms with Crippen LogP contribution in [0, 0.1) is 0 Å². The maximum Gasteiger partial charge on any atom is 0.254 e. The molecule has 0 aliphatic rings. The molecule has 1 rings (SSSR count). The van der Waals surface area contributed by atoms with Crippen LogP contribution in [0.15, 0.2) is 23.4 Å². The van der Waals surface area contributed by atoms with E-state index in [2.05, 4.69) is 10.3 Å². The minimum Gasteiger partial charge on any atom is -0.391 e. The number of nitrogens with one attached hydrogen (secondary N) is 1. The maximum absolute atomic E-state index is 11.9. The molecule has 0 aliphatic carbocycles. The molecule has 0 aromatic carbocycles. The van der Waals surface area contributed by atoms with Crippen molar-refractivity contribution in [3.8, 4) is 0 Å². The minimum absolute atomic E-state index is 0.169. The third-order valence-electron chi connectivity index (χ3n) is 2.33. The number of aromatic nitrogens is 1. The molecule has 0 radical (unpaired) electrons. The van der Waals surface area contributed by atoms with E-state index in [0.717, 1.165) is 0 Å². The fraction of sp³-hybridized carbons (Fsp3) is 0.500. The molecular formula is C12H18N2O3S. The van der Waals surface area contributed by atoms with Gasteiger partial charge in [0.1, 0.15) is 5.03 Å². The summed E-state index contributed by atoms with van der Waals surface area (Å²) in [5, 5.41) is 12.9. The Labute approximate surface area is 111 Å². The molecule has 0 saturated heterocycles. The first-order chi connectivity index (χ1) is 8.69. The lowest BCUT2D eigenvalue weighted by molar-refractivity contribution is 0.0587. The highest BCUT2D eigenvalue weighted by molar-refractivity contribution is 7.98. The fourth-order valence-electron chi connectivity index (χ4n) is 1.45. The topological polar surface area (TPSA) is 71.5 Å². The second-order valence-electron chi connectivity index (χ2n) is 3.71. The van der Waals surface area contributed by atoms with Gasteiger partial charge in [0.05, 0.1) is 18.3 Å². The van der Waals surface area contributed by atoms with Gasteiger partial charge in [-0.05, 0) is 24.8 Å². The molecule has 6 heteroatoms. The van der Waals surface area contributed by atoms with Crippen molar-refractivity contribution in [2.45, 2.75) is 17.6 Å². The second kappa shape index (κ2) is 8.07. The summed E-state index contributed by atoms with van der Waals surface area (Å²) < 4.78 is 4.81. The van der Waals surface area contributed by atoms with Gasteiger partial charge < -0.3 is 15.2 Å². The number of amides is 1. The molecule has 1 unspecified atom stereocenters. The Balaban J connectivity index is 2.45. The van der Waals surface area contributed by atoms with Crippen molar-refractivity contribution in [2.24, 2.45) is 0 Å². The molecule has 1 amide bonds. The highest BCUT2D eigenvalue weighted by atomic mass is 32.2. The van der Waals surface area contributed by atoms with E-state index in [0.29, 0.717) is 23.6 Å². The number of rotatable bonds is 7. The maximum atomic E-state index is 11.9. The van der Waals surface area contributed by atoms with Crippen molar-refractivity contribution in [1.82, 2.24) is 10.3 Å². The first-order valence-corrected chi connectivity index (χ1v) is 6.85. The van der Waals surface area contributed by atoms with Gasteiger partial charge in [-0.2, -0.15) is 0 Å². The molecule has 0 aliphatic heterocycles. The van der Waals surface area contributed by atoms with Crippen LogP contribution in [0.2, 0.25) is 0 Å². The monoisotopic (exact) mass is 270 g/mol. The van der Waals surface area contributed by atoms with Gasteiger partial charge in [-0.1, -0.05) is 0 Å². The Morgan fingerprint density at radius 3 is 3.11 bits per heavy atom. The standard InChI is InChI=1S/C12H18N2O3S/c1-17-8-9(15)5-7-13-11(16)10-4-3-6-14-12(10)18-2/h3-4,6,9,15H,5,7-8H2,1-2H3,(H,13,16). The summed E-state index contributed by atoms with van der Waals surface area (Å²) in [4.78, 5) is 16.0. The Morgan fingerprint density at radius 2 is 2.44 bits per heavy atom. The number of carbonyl (C=O) groups excluding carboxylic acids is 1. The predicted molar refractivity (Wildman–Crippen MR) is 70.9 cm³/mol. The first-order valence-electron chi connectivity index (χ1n) is 5.63. The fourth-order valence-corrected chi connectivity index (χ4v) is 2.00. The number of ether oxygens (including phenoxy) is 1. The van der Waals surface area contributed by atoms with Crippen LogP contribution < -0.4 is 5.32 Å². The van der Waals surface area contributed by atoms with Crippen molar-refractivity contribution in [1.29, 1.82) is 0 Å². The number of hydrogen-bond acceptors (Lipinski definition) is 5. The molecule has 5 nitrogen and oxygen atoms in total. The smallest absolute Gasteiger partial charge is 0.254 e. The SMILES string of the molecule is COCC(O)CCNC(=O)c1cccnc1SC. The zero-order valence-corrected chi connectivity index (χ0v) is 11.4. The number of aliphatic hydroxyl groups excluding tert-OH is 1. The van der Waals surface area contributed by atoms with E-state index in [1.807, 2.05) is 6.26 Å². The van der Waals surface area contributed by atoms with E-state index >= 15 is 0 Å². The zero-order valence-electron chi connectivity index (χ0n) is 10.5. The summed E-state index contributed by atoms with van der Waals surface area (Å²) in [5.74, 6) is -0.169. The number of thioether (sulfide) groups is 1. The van der Waals surface area contributed by atoms with Gasteiger partial charge in [-0.15, -0.1) is 11.8 Å². The molecule has 1 heterocycles. The molecule has 0 spiro atoms. The summed E-state index contributed by atoms with van der Waals surface area (Å²) in [5.41, 5.74) is 0.561. The zero-order chi connectivity index (χ0) is 13.4. The third kappa shape index (κ3) is 4.64. The van der Waals surface area contributed by atoms with Gasteiger partial charge in [0.25, 0.3) is 5.91 Å². The summed E-state index contributed by atoms with van der Waals surface area (Å²) in [6.45, 7) is 0.685. The molecule has 1 aromatic heterocycles. The van der Waals surface area contributed by atoms with E-state index in [1.165, 1.54) is 18.9 Å². The molecule has 2 N–H and O–H groups in total. The van der Waals surface area contributed by atoms with Crippen LogP contribution >= 0.6 is 11.8 Å². The Kier molecular flexibility index (Phi) is 6.70. The highest BCUT2D eigenvalue weighted by Crippen LogP contribution is 2.16. The van der Waals surface area contributed by atoms with Gasteiger partial charge in [0, 0.05) is 19.9 Å². The first kappa shape index (κ1) is 14.9. The van der Waals surface area contributed by atoms with Crippen molar-refractivity contribution in [3.63, 3.8) is 0 Å². The Hall–Kier alpha value is -1.11. The average Bonchev–Trinajstić information content (AvgIpc) is 2.38. The number of methoxy groups -OCH3 is 1. The van der Waals surface area contributed by atoms with Crippen LogP contribution in [0.4, 0.5) is 0 Å². The number of nitrogens with zero attached hydrogens (tertiary/aromatic N) is 1. The van der Waals surface area contributed by atoms with Crippen LogP contribution in [0.5, 0.6) is 0 Å². The Bertz CT molecular complexity index is 387. The van der Waals surface area contributed by atoms with Crippen molar-refractivity contribution < 1.29 is 14.6 Å². The summed E-state index contributed by atoms with van der Waals surface area (Å²) in [6.07, 6.45) is 3.45. The van der Waals surface area contributed by atoms with Gasteiger partial charge in [-0.3, -0.25) is 4.79 Å². The van der Waals surface area contributed by atoms with E-state index in [4.69, 9.17) is 4.74 Å². The predicted octanol–water partition coefficient (Wildman–Crippen LogP) is 0.931. The molecule has 1 atom stereocenters. The van der Waals surface area contributed by atoms with E-state index in [9.17, 15) is 9.90 Å². The van der Waals surface area contributed by atoms with Crippen molar-refractivity contribution in [3.05, 3.63) is 23.9 Å². The Morgan fingerprint density at radius 1 is 1.67 bits per heavy atom. The normalized spacial score (nSPS) is 12.2. The highest BCUT2D eigenvalue weighted by Gasteiger charge is 2.11. The summed E-state index contributed by atoms with van der Waals surface area (Å²) in [6, 6.07) is 3.47. The summed E-state index contributed by atoms with van der Waals surface area (Å²) in [7, 11) is 1.53. The number of hydrogen-bond donors (Lipinski definition) is 2. The van der Waals surface area contributed by atoms with E-state index in [1.54, 1.807) is 18.3 Å². The number of aliphatic hydroxyl groups is 1. The van der Waals surface area contributed by atoms with Crippen LogP contribution in [0.3, 0.4) is 0 Å². The lowest BCUT2D eigenvalue weighted by Crippen LogP contribution is -2.29. The quantitative estimate of drug-likeness (QED) is 0.721. The largest absolute Gasteiger partial charge is 0.391 e. The van der Waals surface area contributed by atoms with E-state index < -0.39 is 6.10 Å². The molecule has 0 fully saturated rings. The van der Waals surface area contributed by atoms with Crippen LogP contribution in [-0.4, -0.2) is 48.6 Å². The number of carbonyl (C=O) groups is 1. The minimum atomic E-state index is -0.552. The van der Waals surface area contributed by atoms with Gasteiger partial charge in [0.2, 0.25) is 0 Å². The second-order valence-corrected chi connectivity index (χ2v) is 4.51. The van der Waals surface area contributed by atoms with Gasteiger partial charge in [0.15, 0.2) is 0 Å². The molecule has 100 valence electrons. The molecule has 0 saturated carbocycles. The summed E-state index contributed by atoms with van der Waals surface area (Å²) >= 11 is 1.43. The lowest BCUT2D eigenvalue weighted by Gasteiger charge is -2.11. The van der Waals surface area contributed by atoms with Crippen molar-refractivity contribution in [2.75, 3.05) is 26.5 Å². The van der Waals surface area contributed by atoms with Crippen molar-refractivity contribution >= 4 is 17.7 Å². The lowest BCUT2D eigenvalue weighted by atomic mass is 10.2. The molecule has 18 heavy (non-hydrogen) atoms. The van der Waals surface area contributed by atoms with Crippen LogP contribution in [0.1, 0.15) is 16.8 Å². The molecule has 1 aromatic rings. The number of pyridine rings is 1. The van der Waals surface area contributed by atoms with Crippen LogP contribution in [-0.2, 0) is 4.74 Å². The van der Waals surface area contributed by atoms with Crippen LogP contribution in [0.25, 0.3) is 0 Å². The molecular weight excluding hydrogens is 252 g/mol. The third-order valence-corrected chi connectivity index (χ3v) is 3.04. The van der Waals surface area contributed by atoms with Gasteiger partial charge in [-0.25, -0.2) is 4.98 Å².